The fraction of sp³-hybridized carbons (Fsp3) is 0.375. The molecule has 4 heterocycles. The summed E-state index contributed by atoms with van der Waals surface area (Å²) in [5.74, 6) is 0. The Bertz CT molecular complexity index is 1140. The number of thiophene rings is 1. The minimum absolute atomic E-state index is 0.660. The van der Waals surface area contributed by atoms with E-state index in [-0.39, 0.29) is 0 Å². The third kappa shape index (κ3) is 3.00. The highest BCUT2D eigenvalue weighted by Crippen LogP contribution is 2.38. The Morgan fingerprint density at radius 2 is 1.83 bits per heavy atom. The van der Waals surface area contributed by atoms with E-state index in [0.717, 1.165) is 29.8 Å². The average molecular weight is 403 g/mol. The van der Waals surface area contributed by atoms with Crippen molar-refractivity contribution in [2.45, 2.75) is 50.4 Å². The predicted octanol–water partition coefficient (Wildman–Crippen LogP) is 5.16. The van der Waals surface area contributed by atoms with E-state index in [1.54, 1.807) is 0 Å². The number of aromatic amines is 1. The van der Waals surface area contributed by atoms with Gasteiger partial charge in [-0.25, -0.2) is 0 Å². The molecule has 2 bridgehead atoms. The van der Waals surface area contributed by atoms with Gasteiger partial charge in [0, 0.05) is 40.3 Å². The molecule has 0 amide bonds. The maximum atomic E-state index is 4.62. The van der Waals surface area contributed by atoms with Crippen LogP contribution in [-0.4, -0.2) is 40.3 Å². The molecule has 0 spiro atoms. The van der Waals surface area contributed by atoms with Crippen LogP contribution in [0.5, 0.6) is 0 Å². The first-order valence-corrected chi connectivity index (χ1v) is 11.5. The van der Waals surface area contributed by atoms with E-state index < -0.39 is 0 Å². The summed E-state index contributed by atoms with van der Waals surface area (Å²) in [4.78, 5) is 2.60. The number of aromatic nitrogens is 2. The lowest BCUT2D eigenvalue weighted by Gasteiger charge is -2.36. The summed E-state index contributed by atoms with van der Waals surface area (Å²) in [6, 6.07) is 19.7. The second kappa shape index (κ2) is 6.94. The van der Waals surface area contributed by atoms with Gasteiger partial charge in [-0.05, 0) is 44.4 Å². The zero-order valence-corrected chi connectivity index (χ0v) is 17.5. The van der Waals surface area contributed by atoms with Crippen molar-refractivity contribution < 1.29 is 0 Å². The predicted molar refractivity (Wildman–Crippen MR) is 121 cm³/mol. The SMILES string of the molecule is CN1C2CCC1CC(NCc1ccc(-c3n[nH]c4c3sc3ccccc34)cc1)C2. The molecule has 4 aromatic rings. The van der Waals surface area contributed by atoms with Crippen molar-refractivity contribution in [3.63, 3.8) is 0 Å². The van der Waals surface area contributed by atoms with Crippen molar-refractivity contribution >= 4 is 31.6 Å². The summed E-state index contributed by atoms with van der Waals surface area (Å²) in [5, 5.41) is 13.0. The molecule has 2 N–H and O–H groups in total. The highest BCUT2D eigenvalue weighted by Gasteiger charge is 2.37. The number of nitrogens with zero attached hydrogens (tertiary/aromatic N) is 2. The molecule has 2 aliphatic heterocycles. The molecule has 6 rings (SSSR count). The Balaban J connectivity index is 1.18. The largest absolute Gasteiger partial charge is 0.310 e. The van der Waals surface area contributed by atoms with Crippen LogP contribution in [0.15, 0.2) is 48.5 Å². The summed E-state index contributed by atoms with van der Waals surface area (Å²) >= 11 is 1.82. The van der Waals surface area contributed by atoms with Gasteiger partial charge in [-0.15, -0.1) is 11.3 Å². The van der Waals surface area contributed by atoms with Crippen molar-refractivity contribution in [1.29, 1.82) is 0 Å². The van der Waals surface area contributed by atoms with Gasteiger partial charge in [-0.2, -0.15) is 5.10 Å². The first-order valence-electron chi connectivity index (χ1n) is 10.7. The second-order valence-corrected chi connectivity index (χ2v) is 9.72. The van der Waals surface area contributed by atoms with E-state index >= 15 is 0 Å². The van der Waals surface area contributed by atoms with Crippen LogP contribution in [0.4, 0.5) is 0 Å². The summed E-state index contributed by atoms with van der Waals surface area (Å²) < 4.78 is 2.56. The van der Waals surface area contributed by atoms with E-state index in [9.17, 15) is 0 Å². The van der Waals surface area contributed by atoms with Gasteiger partial charge >= 0.3 is 0 Å². The van der Waals surface area contributed by atoms with E-state index in [4.69, 9.17) is 0 Å². The number of rotatable bonds is 4. The number of hydrogen-bond acceptors (Lipinski definition) is 4. The van der Waals surface area contributed by atoms with E-state index in [0.29, 0.717) is 6.04 Å². The lowest BCUT2D eigenvalue weighted by molar-refractivity contribution is 0.148. The summed E-state index contributed by atoms with van der Waals surface area (Å²) in [5.41, 5.74) is 4.75. The third-order valence-electron chi connectivity index (χ3n) is 7.01. The van der Waals surface area contributed by atoms with Crippen molar-refractivity contribution in [2.75, 3.05) is 7.05 Å². The molecule has 5 heteroatoms. The molecular formula is C24H26N4S. The Labute approximate surface area is 174 Å². The van der Waals surface area contributed by atoms with Crippen LogP contribution >= 0.6 is 11.3 Å². The number of benzene rings is 2. The lowest BCUT2D eigenvalue weighted by atomic mass is 9.97. The first kappa shape index (κ1) is 17.6. The van der Waals surface area contributed by atoms with Gasteiger partial charge in [0.15, 0.2) is 0 Å². The van der Waals surface area contributed by atoms with Crippen LogP contribution in [0, 0.1) is 0 Å². The third-order valence-corrected chi connectivity index (χ3v) is 8.19. The Hall–Kier alpha value is -2.21. The molecule has 148 valence electrons. The molecule has 2 atom stereocenters. The molecule has 29 heavy (non-hydrogen) atoms. The Morgan fingerprint density at radius 3 is 2.62 bits per heavy atom. The van der Waals surface area contributed by atoms with Gasteiger partial charge in [0.1, 0.15) is 5.69 Å². The minimum atomic E-state index is 0.660. The molecule has 2 unspecified atom stereocenters. The quantitative estimate of drug-likeness (QED) is 0.496. The molecule has 2 aliphatic rings. The maximum absolute atomic E-state index is 4.62. The number of fused-ring (bicyclic) bond motifs is 5. The molecule has 4 nitrogen and oxygen atoms in total. The van der Waals surface area contributed by atoms with Crippen LogP contribution in [0.25, 0.3) is 31.6 Å². The lowest BCUT2D eigenvalue weighted by Crippen LogP contribution is -2.46. The zero-order valence-electron chi connectivity index (χ0n) is 16.7. The molecule has 0 radical (unpaired) electrons. The smallest absolute Gasteiger partial charge is 0.110 e. The van der Waals surface area contributed by atoms with Crippen LogP contribution in [0.3, 0.4) is 0 Å². The van der Waals surface area contributed by atoms with Crippen LogP contribution in [0.2, 0.25) is 0 Å². The second-order valence-electron chi connectivity index (χ2n) is 8.67. The van der Waals surface area contributed by atoms with Gasteiger partial charge in [0.2, 0.25) is 0 Å². The molecule has 2 aromatic heterocycles. The van der Waals surface area contributed by atoms with Crippen molar-refractivity contribution in [3.8, 4) is 11.3 Å². The first-order chi connectivity index (χ1) is 14.3. The number of hydrogen-bond donors (Lipinski definition) is 2. The highest BCUT2D eigenvalue weighted by molar-refractivity contribution is 7.26. The molecular weight excluding hydrogens is 376 g/mol. The summed E-state index contributed by atoms with van der Waals surface area (Å²) in [6.07, 6.45) is 5.35. The fourth-order valence-corrected chi connectivity index (χ4v) is 6.47. The van der Waals surface area contributed by atoms with E-state index in [1.807, 2.05) is 11.3 Å². The molecule has 2 saturated heterocycles. The van der Waals surface area contributed by atoms with Gasteiger partial charge in [0.05, 0.1) is 10.2 Å². The van der Waals surface area contributed by atoms with Crippen LogP contribution in [0.1, 0.15) is 31.2 Å². The normalized spacial score (nSPS) is 24.7. The molecule has 2 aromatic carbocycles. The van der Waals surface area contributed by atoms with Crippen molar-refractivity contribution in [3.05, 3.63) is 54.1 Å². The Morgan fingerprint density at radius 1 is 1.07 bits per heavy atom. The highest BCUT2D eigenvalue weighted by atomic mass is 32.1. The number of piperidine rings is 1. The maximum Gasteiger partial charge on any atom is 0.110 e. The average Bonchev–Trinajstić information content (AvgIpc) is 3.36. The Kier molecular flexibility index (Phi) is 4.22. The monoisotopic (exact) mass is 402 g/mol. The summed E-state index contributed by atoms with van der Waals surface area (Å²) in [7, 11) is 2.31. The van der Waals surface area contributed by atoms with E-state index in [2.05, 4.69) is 76.0 Å². The van der Waals surface area contributed by atoms with Gasteiger partial charge in [0.25, 0.3) is 0 Å². The standard InChI is InChI=1S/C24H26N4S/c1-28-18-10-11-19(28)13-17(12-18)25-14-15-6-8-16(9-7-15)22-24-23(27-26-22)20-4-2-3-5-21(20)29-24/h2-9,17-19,25H,10-14H2,1H3,(H,26,27). The summed E-state index contributed by atoms with van der Waals surface area (Å²) in [6.45, 7) is 0.951. The molecule has 0 saturated carbocycles. The fourth-order valence-electron chi connectivity index (χ4n) is 5.30. The minimum Gasteiger partial charge on any atom is -0.310 e. The van der Waals surface area contributed by atoms with Gasteiger partial charge in [-0.1, -0.05) is 42.5 Å². The van der Waals surface area contributed by atoms with Gasteiger partial charge < -0.3 is 10.2 Å². The topological polar surface area (TPSA) is 44.0 Å². The zero-order chi connectivity index (χ0) is 19.4. The molecule has 0 aliphatic carbocycles. The molecule has 2 fully saturated rings. The van der Waals surface area contributed by atoms with Crippen LogP contribution < -0.4 is 5.32 Å². The van der Waals surface area contributed by atoms with Crippen LogP contribution in [-0.2, 0) is 6.54 Å². The van der Waals surface area contributed by atoms with Crippen molar-refractivity contribution in [2.24, 2.45) is 0 Å². The van der Waals surface area contributed by atoms with Gasteiger partial charge in [-0.3, -0.25) is 5.10 Å². The van der Waals surface area contributed by atoms with Crippen molar-refractivity contribution in [1.82, 2.24) is 20.4 Å². The number of nitrogens with one attached hydrogen (secondary N) is 2. The number of H-pyrrole nitrogens is 1. The van der Waals surface area contributed by atoms with E-state index in [1.165, 1.54) is 51.6 Å².